The Labute approximate surface area is 144 Å². The second kappa shape index (κ2) is 7.61. The van der Waals surface area contributed by atoms with Crippen LogP contribution in [0.3, 0.4) is 0 Å². The van der Waals surface area contributed by atoms with Crippen molar-refractivity contribution in [2.75, 3.05) is 12.0 Å². The Morgan fingerprint density at radius 3 is 2.79 bits per heavy atom. The molecule has 1 amide bonds. The number of methoxy groups -OCH3 is 1. The van der Waals surface area contributed by atoms with Crippen LogP contribution < -0.4 is 9.64 Å². The van der Waals surface area contributed by atoms with E-state index >= 15 is 0 Å². The van der Waals surface area contributed by atoms with Crippen LogP contribution in [0.1, 0.15) is 10.4 Å². The van der Waals surface area contributed by atoms with E-state index < -0.39 is 0 Å². The Balaban J connectivity index is 1.76. The molecule has 24 heavy (non-hydrogen) atoms. The number of nitrogens with one attached hydrogen (secondary N) is 1. The Bertz CT molecular complexity index is 793. The number of ether oxygens (including phenoxy) is 1. The van der Waals surface area contributed by atoms with E-state index in [1.807, 2.05) is 41.8 Å². The van der Waals surface area contributed by atoms with Gasteiger partial charge >= 0.3 is 0 Å². The molecule has 0 saturated heterocycles. The fraction of sp³-hybridized carbons (Fsp3) is 0.111. The molecule has 0 bridgehead atoms. The number of rotatable bonds is 6. The van der Waals surface area contributed by atoms with Gasteiger partial charge in [-0.05, 0) is 35.2 Å². The van der Waals surface area contributed by atoms with Gasteiger partial charge in [0.1, 0.15) is 5.75 Å². The average molecular weight is 339 g/mol. The van der Waals surface area contributed by atoms with Crippen molar-refractivity contribution in [3.63, 3.8) is 0 Å². The number of hydrogen-bond donors (Lipinski definition) is 1. The molecule has 2 heterocycles. The summed E-state index contributed by atoms with van der Waals surface area (Å²) >= 11 is 1.62. The van der Waals surface area contributed by atoms with E-state index in [0.717, 1.165) is 21.9 Å². The van der Waals surface area contributed by atoms with E-state index in [1.54, 1.807) is 47.9 Å². The molecule has 2 aromatic heterocycles. The van der Waals surface area contributed by atoms with Crippen molar-refractivity contribution in [1.29, 1.82) is 0 Å². The highest BCUT2D eigenvalue weighted by Crippen LogP contribution is 2.19. The van der Waals surface area contributed by atoms with Crippen molar-refractivity contribution in [2.45, 2.75) is 6.54 Å². The first kappa shape index (κ1) is 16.0. The Kier molecular flexibility index (Phi) is 5.08. The first-order valence-corrected chi connectivity index (χ1v) is 8.29. The highest BCUT2D eigenvalue weighted by molar-refractivity contribution is 7.09. The second-order valence-corrected chi connectivity index (χ2v) is 6.10. The maximum absolute atomic E-state index is 12.6. The molecular weight excluding hydrogens is 322 g/mol. The predicted octanol–water partition coefficient (Wildman–Crippen LogP) is 3.73. The summed E-state index contributed by atoms with van der Waals surface area (Å²) in [7, 11) is 1.63. The zero-order valence-corrected chi connectivity index (χ0v) is 14.0. The highest BCUT2D eigenvalue weighted by atomic mass is 32.1. The number of H-pyrrole nitrogens is 1. The molecule has 122 valence electrons. The molecule has 0 unspecified atom stereocenters. The lowest BCUT2D eigenvalue weighted by Crippen LogP contribution is -2.27. The van der Waals surface area contributed by atoms with Gasteiger partial charge in [-0.15, -0.1) is 11.3 Å². The van der Waals surface area contributed by atoms with Gasteiger partial charge in [-0.2, -0.15) is 5.10 Å². The molecule has 3 rings (SSSR count). The Morgan fingerprint density at radius 2 is 2.17 bits per heavy atom. The monoisotopic (exact) mass is 339 g/mol. The molecule has 5 nitrogen and oxygen atoms in total. The molecule has 0 radical (unpaired) electrons. The van der Waals surface area contributed by atoms with Crippen LogP contribution in [0.15, 0.2) is 60.2 Å². The summed E-state index contributed by atoms with van der Waals surface area (Å²) in [4.78, 5) is 15.4. The minimum absolute atomic E-state index is 0.0966. The predicted molar refractivity (Wildman–Crippen MR) is 96.1 cm³/mol. The standard InChI is InChI=1S/C18H17N3O2S/c1-23-16-7-4-14(5-8-16)6-9-18(22)21(15-11-19-20-12-15)13-17-3-2-10-24-17/h2-12H,13H2,1H3,(H,19,20)/b9-6+. The third kappa shape index (κ3) is 3.91. The number of aromatic nitrogens is 2. The van der Waals surface area contributed by atoms with E-state index in [9.17, 15) is 4.79 Å². The number of carbonyl (C=O) groups excluding carboxylic acids is 1. The van der Waals surface area contributed by atoms with Gasteiger partial charge in [-0.25, -0.2) is 0 Å². The van der Waals surface area contributed by atoms with Gasteiger partial charge in [-0.3, -0.25) is 9.89 Å². The van der Waals surface area contributed by atoms with E-state index in [1.165, 1.54) is 0 Å². The summed E-state index contributed by atoms with van der Waals surface area (Å²) in [6.45, 7) is 0.517. The van der Waals surface area contributed by atoms with Gasteiger partial charge in [0.25, 0.3) is 5.91 Å². The number of benzene rings is 1. The number of carbonyl (C=O) groups is 1. The van der Waals surface area contributed by atoms with E-state index in [-0.39, 0.29) is 5.91 Å². The third-order valence-corrected chi connectivity index (χ3v) is 4.35. The van der Waals surface area contributed by atoms with Crippen LogP contribution in [0.25, 0.3) is 6.08 Å². The maximum Gasteiger partial charge on any atom is 0.251 e. The van der Waals surface area contributed by atoms with Gasteiger partial charge < -0.3 is 9.64 Å². The molecule has 0 saturated carbocycles. The SMILES string of the molecule is COc1ccc(/C=C/C(=O)N(Cc2cccs2)c2cn[nH]c2)cc1. The fourth-order valence-electron chi connectivity index (χ4n) is 2.22. The van der Waals surface area contributed by atoms with E-state index in [0.29, 0.717) is 6.54 Å². The average Bonchev–Trinajstić information content (AvgIpc) is 3.31. The summed E-state index contributed by atoms with van der Waals surface area (Å²) in [6.07, 6.45) is 6.73. The molecule has 0 fully saturated rings. The first-order chi connectivity index (χ1) is 11.8. The summed E-state index contributed by atoms with van der Waals surface area (Å²) in [5.74, 6) is 0.691. The molecular formula is C18H17N3O2S. The Hall–Kier alpha value is -2.86. The first-order valence-electron chi connectivity index (χ1n) is 7.41. The van der Waals surface area contributed by atoms with E-state index in [2.05, 4.69) is 10.2 Å². The molecule has 6 heteroatoms. The quantitative estimate of drug-likeness (QED) is 0.696. The minimum Gasteiger partial charge on any atom is -0.497 e. The van der Waals surface area contributed by atoms with Gasteiger partial charge in [0.2, 0.25) is 0 Å². The topological polar surface area (TPSA) is 58.2 Å². The van der Waals surface area contributed by atoms with Gasteiger partial charge in [0.05, 0.1) is 25.5 Å². The number of nitrogens with zero attached hydrogens (tertiary/aromatic N) is 2. The third-order valence-electron chi connectivity index (χ3n) is 3.49. The van der Waals surface area contributed by atoms with Gasteiger partial charge in [0.15, 0.2) is 0 Å². The number of aromatic amines is 1. The number of hydrogen-bond acceptors (Lipinski definition) is 4. The zero-order valence-electron chi connectivity index (χ0n) is 13.2. The summed E-state index contributed by atoms with van der Waals surface area (Å²) < 4.78 is 5.13. The molecule has 1 aromatic carbocycles. The van der Waals surface area contributed by atoms with Crippen LogP contribution in [0.5, 0.6) is 5.75 Å². The number of anilines is 1. The van der Waals surface area contributed by atoms with Gasteiger partial charge in [-0.1, -0.05) is 18.2 Å². The summed E-state index contributed by atoms with van der Waals surface area (Å²) in [5.41, 5.74) is 1.68. The molecule has 0 atom stereocenters. The van der Waals surface area contributed by atoms with Gasteiger partial charge in [0, 0.05) is 17.2 Å². The van der Waals surface area contributed by atoms with Crippen LogP contribution >= 0.6 is 11.3 Å². The summed E-state index contributed by atoms with van der Waals surface area (Å²) in [5, 5.41) is 8.69. The zero-order chi connectivity index (χ0) is 16.8. The maximum atomic E-state index is 12.6. The molecule has 0 aliphatic carbocycles. The van der Waals surface area contributed by atoms with Crippen molar-refractivity contribution in [2.24, 2.45) is 0 Å². The van der Waals surface area contributed by atoms with Crippen molar-refractivity contribution in [3.8, 4) is 5.75 Å². The van der Waals surface area contributed by atoms with Crippen molar-refractivity contribution in [3.05, 3.63) is 70.7 Å². The van der Waals surface area contributed by atoms with Crippen LogP contribution in [0.4, 0.5) is 5.69 Å². The molecule has 0 aliphatic heterocycles. The van der Waals surface area contributed by atoms with E-state index in [4.69, 9.17) is 4.74 Å². The van der Waals surface area contributed by atoms with Crippen LogP contribution in [-0.4, -0.2) is 23.2 Å². The van der Waals surface area contributed by atoms with Crippen LogP contribution in [0, 0.1) is 0 Å². The highest BCUT2D eigenvalue weighted by Gasteiger charge is 2.15. The minimum atomic E-state index is -0.0966. The van der Waals surface area contributed by atoms with Crippen molar-refractivity contribution >= 4 is 29.0 Å². The number of thiophene rings is 1. The Morgan fingerprint density at radius 1 is 1.33 bits per heavy atom. The normalized spacial score (nSPS) is 10.9. The van der Waals surface area contributed by atoms with Crippen LogP contribution in [-0.2, 0) is 11.3 Å². The van der Waals surface area contributed by atoms with Crippen LogP contribution in [0.2, 0.25) is 0 Å². The van der Waals surface area contributed by atoms with Crippen molar-refractivity contribution < 1.29 is 9.53 Å². The lowest BCUT2D eigenvalue weighted by atomic mass is 10.2. The molecule has 3 aromatic rings. The summed E-state index contributed by atoms with van der Waals surface area (Å²) in [6, 6.07) is 11.5. The molecule has 1 N–H and O–H groups in total. The smallest absolute Gasteiger partial charge is 0.251 e. The second-order valence-electron chi connectivity index (χ2n) is 5.07. The molecule has 0 spiro atoms. The lowest BCUT2D eigenvalue weighted by molar-refractivity contribution is -0.114. The lowest BCUT2D eigenvalue weighted by Gasteiger charge is -2.18. The van der Waals surface area contributed by atoms with Crippen molar-refractivity contribution in [1.82, 2.24) is 10.2 Å². The number of amides is 1. The molecule has 0 aliphatic rings. The largest absolute Gasteiger partial charge is 0.497 e. The fourth-order valence-corrected chi connectivity index (χ4v) is 2.91.